The molecule has 4 heteroatoms. The van der Waals surface area contributed by atoms with Crippen LogP contribution in [0.5, 0.6) is 0 Å². The molecule has 0 saturated carbocycles. The maximum Gasteiger partial charge on any atom is 0.131 e. The summed E-state index contributed by atoms with van der Waals surface area (Å²) in [4.78, 5) is 11.2. The highest BCUT2D eigenvalue weighted by atomic mass is 32.2. The van der Waals surface area contributed by atoms with Gasteiger partial charge < -0.3 is 5.43 Å². The number of Topliss-reactive ketones (excluding diaryl/α,β-unsaturated/α-hetero) is 1. The number of ketones is 1. The number of hydrogen-bond acceptors (Lipinski definition) is 4. The molecule has 3 nitrogen and oxygen atoms in total. The first-order valence-corrected chi connectivity index (χ1v) is 7.37. The summed E-state index contributed by atoms with van der Waals surface area (Å²) in [7, 11) is 0. The summed E-state index contributed by atoms with van der Waals surface area (Å²) >= 11 is 1.73. The molecule has 0 aliphatic heterocycles. The first-order valence-electron chi connectivity index (χ1n) is 6.33. The van der Waals surface area contributed by atoms with Gasteiger partial charge in [0, 0.05) is 23.1 Å². The van der Waals surface area contributed by atoms with Gasteiger partial charge in [0.2, 0.25) is 0 Å². The van der Waals surface area contributed by atoms with Gasteiger partial charge in [-0.05, 0) is 27.7 Å². The van der Waals surface area contributed by atoms with Crippen molar-refractivity contribution in [1.82, 2.24) is 10.9 Å². The number of thioether (sulfide) groups is 1. The molecule has 0 heterocycles. The number of hydrazine groups is 1. The molecular weight excluding hydrogens is 256 g/mol. The van der Waals surface area contributed by atoms with Crippen LogP contribution >= 0.6 is 11.8 Å². The van der Waals surface area contributed by atoms with Crippen LogP contribution in [0.15, 0.2) is 36.6 Å². The number of allylic oxidation sites excluding steroid dienone is 1. The minimum atomic E-state index is 0.135. The van der Waals surface area contributed by atoms with Gasteiger partial charge in [0.15, 0.2) is 0 Å². The van der Waals surface area contributed by atoms with Gasteiger partial charge in [-0.25, -0.2) is 5.43 Å². The molecule has 0 aliphatic carbocycles. The highest BCUT2D eigenvalue weighted by Gasteiger charge is 2.16. The third kappa shape index (κ3) is 8.67. The monoisotopic (exact) mass is 282 g/mol. The normalized spacial score (nSPS) is 13.5. The Labute approximate surface area is 121 Å². The zero-order valence-corrected chi connectivity index (χ0v) is 13.3. The molecule has 0 aromatic heterocycles. The van der Waals surface area contributed by atoms with E-state index in [4.69, 9.17) is 0 Å². The SMILES string of the molecule is C=C(C)NNC(CSC(CC(C)=O)C(=C)C)C(=C)C. The molecule has 0 rings (SSSR count). The summed E-state index contributed by atoms with van der Waals surface area (Å²) in [5.74, 6) is 1.03. The predicted octanol–water partition coefficient (Wildman–Crippen LogP) is 3.22. The van der Waals surface area contributed by atoms with Crippen molar-refractivity contribution in [3.63, 3.8) is 0 Å². The fraction of sp³-hybridized carbons (Fsp3) is 0.533. The lowest BCUT2D eigenvalue weighted by molar-refractivity contribution is -0.116. The Bertz CT molecular complexity index is 363. The van der Waals surface area contributed by atoms with Crippen LogP contribution in [0.4, 0.5) is 0 Å². The largest absolute Gasteiger partial charge is 0.326 e. The lowest BCUT2D eigenvalue weighted by Crippen LogP contribution is -2.42. The zero-order chi connectivity index (χ0) is 15.0. The van der Waals surface area contributed by atoms with Crippen molar-refractivity contribution in [2.45, 2.75) is 45.4 Å². The van der Waals surface area contributed by atoms with E-state index in [1.54, 1.807) is 18.7 Å². The molecule has 0 spiro atoms. The van der Waals surface area contributed by atoms with Gasteiger partial charge in [-0.2, -0.15) is 11.8 Å². The molecule has 2 atom stereocenters. The molecule has 0 radical (unpaired) electrons. The molecule has 0 bridgehead atoms. The van der Waals surface area contributed by atoms with Crippen molar-refractivity contribution < 1.29 is 4.79 Å². The van der Waals surface area contributed by atoms with E-state index in [1.165, 1.54) is 0 Å². The van der Waals surface area contributed by atoms with E-state index < -0.39 is 0 Å². The topological polar surface area (TPSA) is 41.1 Å². The molecule has 0 aromatic carbocycles. The molecule has 0 aromatic rings. The van der Waals surface area contributed by atoms with Gasteiger partial charge in [-0.1, -0.05) is 30.9 Å². The van der Waals surface area contributed by atoms with Crippen molar-refractivity contribution in [3.05, 3.63) is 36.6 Å². The predicted molar refractivity (Wildman–Crippen MR) is 86.0 cm³/mol. The van der Waals surface area contributed by atoms with Crippen molar-refractivity contribution in [1.29, 1.82) is 0 Å². The number of hydrogen-bond donors (Lipinski definition) is 2. The van der Waals surface area contributed by atoms with Crippen LogP contribution in [-0.4, -0.2) is 22.8 Å². The fourth-order valence-electron chi connectivity index (χ4n) is 1.37. The molecule has 0 saturated heterocycles. The third-order valence-corrected chi connectivity index (χ3v) is 4.04. The number of nitrogens with one attached hydrogen (secondary N) is 2. The molecule has 2 unspecified atom stereocenters. The highest BCUT2D eigenvalue weighted by Crippen LogP contribution is 2.23. The summed E-state index contributed by atoms with van der Waals surface area (Å²) < 4.78 is 0. The van der Waals surface area contributed by atoms with Crippen LogP contribution in [0.1, 0.15) is 34.1 Å². The second-order valence-corrected chi connectivity index (χ2v) is 6.26. The lowest BCUT2D eigenvalue weighted by atomic mass is 10.1. The minimum absolute atomic E-state index is 0.135. The van der Waals surface area contributed by atoms with Gasteiger partial charge in [0.25, 0.3) is 0 Å². The Balaban J connectivity index is 4.41. The quantitative estimate of drug-likeness (QED) is 0.477. The van der Waals surface area contributed by atoms with Gasteiger partial charge in [-0.3, -0.25) is 4.79 Å². The molecule has 19 heavy (non-hydrogen) atoms. The summed E-state index contributed by atoms with van der Waals surface area (Å²) in [5, 5.41) is 0.172. The van der Waals surface area contributed by atoms with Crippen LogP contribution in [-0.2, 0) is 4.79 Å². The van der Waals surface area contributed by atoms with E-state index >= 15 is 0 Å². The van der Waals surface area contributed by atoms with E-state index in [0.717, 1.165) is 22.6 Å². The Morgan fingerprint density at radius 1 is 1.11 bits per heavy atom. The van der Waals surface area contributed by atoms with Crippen LogP contribution < -0.4 is 10.9 Å². The van der Waals surface area contributed by atoms with Gasteiger partial charge in [-0.15, -0.1) is 0 Å². The summed E-state index contributed by atoms with van der Waals surface area (Å²) in [6.07, 6.45) is 0.539. The van der Waals surface area contributed by atoms with Crippen LogP contribution in [0, 0.1) is 0 Å². The van der Waals surface area contributed by atoms with E-state index in [1.807, 2.05) is 20.8 Å². The Kier molecular flexibility index (Phi) is 8.52. The Morgan fingerprint density at radius 2 is 1.68 bits per heavy atom. The molecule has 108 valence electrons. The number of carbonyl (C=O) groups excluding carboxylic acids is 1. The Hall–Kier alpha value is -1.00. The van der Waals surface area contributed by atoms with Crippen molar-refractivity contribution in [3.8, 4) is 0 Å². The van der Waals surface area contributed by atoms with Crippen molar-refractivity contribution in [2.75, 3.05) is 5.75 Å². The van der Waals surface area contributed by atoms with Gasteiger partial charge in [0.1, 0.15) is 5.78 Å². The first kappa shape index (κ1) is 18.0. The van der Waals surface area contributed by atoms with Crippen LogP contribution in [0.2, 0.25) is 0 Å². The average molecular weight is 282 g/mol. The van der Waals surface area contributed by atoms with E-state index in [0.29, 0.717) is 6.42 Å². The fourth-order valence-corrected chi connectivity index (χ4v) is 2.80. The maximum absolute atomic E-state index is 11.2. The third-order valence-electron chi connectivity index (χ3n) is 2.54. The lowest BCUT2D eigenvalue weighted by Gasteiger charge is -2.23. The average Bonchev–Trinajstić information content (AvgIpc) is 2.25. The smallest absolute Gasteiger partial charge is 0.131 e. The van der Waals surface area contributed by atoms with E-state index in [9.17, 15) is 4.79 Å². The summed E-state index contributed by atoms with van der Waals surface area (Å²) in [5.41, 5.74) is 9.13. The Morgan fingerprint density at radius 3 is 2.05 bits per heavy atom. The molecule has 0 aliphatic rings. The second kappa shape index (κ2) is 8.99. The van der Waals surface area contributed by atoms with Crippen LogP contribution in [0.25, 0.3) is 0 Å². The van der Waals surface area contributed by atoms with E-state index in [2.05, 4.69) is 30.6 Å². The number of carbonyl (C=O) groups is 1. The molecular formula is C15H26N2OS. The standard InChI is InChI=1S/C15H26N2OS/c1-10(2)14(17-16-12(5)6)9-19-15(11(3)4)8-13(7)18/h14-17H,1,3,5,8-9H2,2,4,6-7H3. The minimum Gasteiger partial charge on any atom is -0.326 e. The highest BCUT2D eigenvalue weighted by molar-refractivity contribution is 8.00. The molecule has 0 amide bonds. The van der Waals surface area contributed by atoms with Crippen molar-refractivity contribution in [2.24, 2.45) is 0 Å². The summed E-state index contributed by atoms with van der Waals surface area (Å²) in [6.45, 7) is 19.2. The van der Waals surface area contributed by atoms with Gasteiger partial charge >= 0.3 is 0 Å². The number of rotatable bonds is 10. The van der Waals surface area contributed by atoms with Crippen LogP contribution in [0.3, 0.4) is 0 Å². The first-order chi connectivity index (χ1) is 8.73. The zero-order valence-electron chi connectivity index (χ0n) is 12.5. The maximum atomic E-state index is 11.2. The van der Waals surface area contributed by atoms with Gasteiger partial charge in [0.05, 0.1) is 6.04 Å². The summed E-state index contributed by atoms with van der Waals surface area (Å²) in [6, 6.07) is 0.135. The second-order valence-electron chi connectivity index (χ2n) is 5.02. The van der Waals surface area contributed by atoms with E-state index in [-0.39, 0.29) is 17.1 Å². The molecule has 0 fully saturated rings. The molecule has 2 N–H and O–H groups in total. The van der Waals surface area contributed by atoms with Crippen molar-refractivity contribution >= 4 is 17.5 Å².